The summed E-state index contributed by atoms with van der Waals surface area (Å²) in [6, 6.07) is 7.44. The van der Waals surface area contributed by atoms with Crippen molar-refractivity contribution in [3.63, 3.8) is 0 Å². The Morgan fingerprint density at radius 3 is 2.53 bits per heavy atom. The Hall–Kier alpha value is -1.50. The second kappa shape index (κ2) is 4.79. The molecule has 0 saturated carbocycles. The van der Waals surface area contributed by atoms with Crippen molar-refractivity contribution in [1.82, 2.24) is 0 Å². The fourth-order valence-electron chi connectivity index (χ4n) is 2.05. The highest BCUT2D eigenvalue weighted by Crippen LogP contribution is 2.34. The van der Waals surface area contributed by atoms with Crippen molar-refractivity contribution in [2.24, 2.45) is 0 Å². The van der Waals surface area contributed by atoms with E-state index in [-0.39, 0.29) is 0 Å². The van der Waals surface area contributed by atoms with Crippen LogP contribution < -0.4 is 0 Å². The highest BCUT2D eigenvalue weighted by atomic mass is 16.6. The average Bonchev–Trinajstić information content (AvgIpc) is 2.67. The van der Waals surface area contributed by atoms with E-state index in [1.807, 2.05) is 0 Å². The second-order valence-corrected chi connectivity index (χ2v) is 3.95. The van der Waals surface area contributed by atoms with Gasteiger partial charge in [-0.05, 0) is 5.56 Å². The first-order chi connectivity index (χ1) is 8.15. The molecule has 0 aliphatic carbocycles. The second-order valence-electron chi connectivity index (χ2n) is 3.95. The molecule has 4 atom stereocenters. The number of benzene rings is 1. The van der Waals surface area contributed by atoms with Crippen LogP contribution >= 0.6 is 0 Å². The Bertz CT molecular complexity index is 396. The quantitative estimate of drug-likeness (QED) is 0.577. The van der Waals surface area contributed by atoms with Gasteiger partial charge in [-0.2, -0.15) is 0 Å². The zero-order valence-corrected chi connectivity index (χ0v) is 8.97. The van der Waals surface area contributed by atoms with E-state index in [2.05, 4.69) is 0 Å². The summed E-state index contributed by atoms with van der Waals surface area (Å²) in [5.74, 6) is 0. The summed E-state index contributed by atoms with van der Waals surface area (Å²) in [6.07, 6.45) is -3.02. The SMILES string of the molecule is O=[N+]([O-])C1C(c2ccccc2)OC(CO)C1O. The standard InChI is InChI=1S/C11H13NO5/c13-6-8-10(14)9(12(15)16)11(17-8)7-4-2-1-3-5-7/h1-5,8-11,13-14H,6H2. The van der Waals surface area contributed by atoms with E-state index >= 15 is 0 Å². The Balaban J connectivity index is 2.30. The molecular weight excluding hydrogens is 226 g/mol. The first-order valence-electron chi connectivity index (χ1n) is 5.28. The van der Waals surface area contributed by atoms with Gasteiger partial charge in [0.05, 0.1) is 6.61 Å². The minimum Gasteiger partial charge on any atom is -0.394 e. The van der Waals surface area contributed by atoms with Gasteiger partial charge in [0.25, 0.3) is 6.04 Å². The molecule has 4 unspecified atom stereocenters. The van der Waals surface area contributed by atoms with E-state index in [9.17, 15) is 15.2 Å². The zero-order valence-electron chi connectivity index (χ0n) is 8.97. The van der Waals surface area contributed by atoms with Gasteiger partial charge < -0.3 is 14.9 Å². The van der Waals surface area contributed by atoms with Crippen LogP contribution in [0, 0.1) is 10.1 Å². The summed E-state index contributed by atoms with van der Waals surface area (Å²) in [6.45, 7) is -0.436. The van der Waals surface area contributed by atoms with Gasteiger partial charge in [0.15, 0.2) is 12.2 Å². The molecule has 0 radical (unpaired) electrons. The number of aliphatic hydroxyl groups is 2. The molecule has 1 aliphatic rings. The monoisotopic (exact) mass is 239 g/mol. The molecule has 1 aromatic carbocycles. The van der Waals surface area contributed by atoms with Gasteiger partial charge in [0.2, 0.25) is 0 Å². The Kier molecular flexibility index (Phi) is 3.37. The van der Waals surface area contributed by atoms with E-state index in [4.69, 9.17) is 9.84 Å². The minimum absolute atomic E-state index is 0.436. The van der Waals surface area contributed by atoms with Gasteiger partial charge in [0.1, 0.15) is 6.10 Å². The fraction of sp³-hybridized carbons (Fsp3) is 0.455. The molecule has 1 heterocycles. The molecule has 0 amide bonds. The minimum atomic E-state index is -1.29. The van der Waals surface area contributed by atoms with Crippen LogP contribution in [0.4, 0.5) is 0 Å². The van der Waals surface area contributed by atoms with Crippen LogP contribution in [0.25, 0.3) is 0 Å². The molecule has 6 heteroatoms. The van der Waals surface area contributed by atoms with Crippen LogP contribution in [0.5, 0.6) is 0 Å². The number of hydrogen-bond acceptors (Lipinski definition) is 5. The molecule has 0 aromatic heterocycles. The fourth-order valence-corrected chi connectivity index (χ4v) is 2.05. The Morgan fingerprint density at radius 1 is 1.35 bits per heavy atom. The zero-order chi connectivity index (χ0) is 12.4. The van der Waals surface area contributed by atoms with Crippen molar-refractivity contribution in [1.29, 1.82) is 0 Å². The number of nitro groups is 1. The maximum atomic E-state index is 10.9. The summed E-state index contributed by atoms with van der Waals surface area (Å²) >= 11 is 0. The maximum Gasteiger partial charge on any atom is 0.270 e. The van der Waals surface area contributed by atoms with Crippen molar-refractivity contribution >= 4 is 0 Å². The van der Waals surface area contributed by atoms with E-state index in [1.165, 1.54) is 0 Å². The maximum absolute atomic E-state index is 10.9. The first kappa shape index (κ1) is 12.0. The summed E-state index contributed by atoms with van der Waals surface area (Å²) in [5, 5.41) is 29.7. The third kappa shape index (κ3) is 2.14. The molecule has 1 saturated heterocycles. The molecule has 92 valence electrons. The molecule has 0 bridgehead atoms. The number of rotatable bonds is 3. The molecule has 2 rings (SSSR count). The largest absolute Gasteiger partial charge is 0.394 e. The normalized spacial score (nSPS) is 32.6. The van der Waals surface area contributed by atoms with Crippen LogP contribution in [0.1, 0.15) is 11.7 Å². The number of ether oxygens (including phenoxy) is 1. The van der Waals surface area contributed by atoms with Gasteiger partial charge in [-0.25, -0.2) is 0 Å². The topological polar surface area (TPSA) is 92.8 Å². The van der Waals surface area contributed by atoms with Gasteiger partial charge in [-0.15, -0.1) is 0 Å². The predicted molar refractivity (Wildman–Crippen MR) is 57.9 cm³/mol. The Morgan fingerprint density at radius 2 is 2.00 bits per heavy atom. The Labute approximate surface area is 97.6 Å². The molecule has 2 N–H and O–H groups in total. The predicted octanol–water partition coefficient (Wildman–Crippen LogP) is 0.125. The number of hydrogen-bond donors (Lipinski definition) is 2. The summed E-state index contributed by atoms with van der Waals surface area (Å²) in [7, 11) is 0. The lowest BCUT2D eigenvalue weighted by Crippen LogP contribution is -2.37. The molecule has 1 fully saturated rings. The molecule has 17 heavy (non-hydrogen) atoms. The van der Waals surface area contributed by atoms with Crippen LogP contribution in [0.3, 0.4) is 0 Å². The van der Waals surface area contributed by atoms with Gasteiger partial charge in [0, 0.05) is 4.92 Å². The molecular formula is C11H13NO5. The third-order valence-electron chi connectivity index (χ3n) is 2.91. The summed E-state index contributed by atoms with van der Waals surface area (Å²) < 4.78 is 5.34. The van der Waals surface area contributed by atoms with Crippen LogP contribution in [-0.2, 0) is 4.74 Å². The van der Waals surface area contributed by atoms with E-state index < -0.39 is 35.9 Å². The summed E-state index contributed by atoms with van der Waals surface area (Å²) in [4.78, 5) is 10.4. The molecule has 1 aromatic rings. The number of nitrogens with zero attached hydrogens (tertiary/aromatic N) is 1. The molecule has 1 aliphatic heterocycles. The van der Waals surface area contributed by atoms with E-state index in [1.54, 1.807) is 30.3 Å². The van der Waals surface area contributed by atoms with Crippen molar-refractivity contribution in [3.8, 4) is 0 Å². The van der Waals surface area contributed by atoms with Crippen molar-refractivity contribution in [2.75, 3.05) is 6.61 Å². The van der Waals surface area contributed by atoms with Crippen molar-refractivity contribution in [2.45, 2.75) is 24.4 Å². The van der Waals surface area contributed by atoms with Crippen molar-refractivity contribution < 1.29 is 19.9 Å². The molecule has 0 spiro atoms. The van der Waals surface area contributed by atoms with E-state index in [0.717, 1.165) is 0 Å². The number of aliphatic hydroxyl groups excluding tert-OH is 2. The van der Waals surface area contributed by atoms with Crippen LogP contribution in [0.2, 0.25) is 0 Å². The van der Waals surface area contributed by atoms with Gasteiger partial charge >= 0.3 is 0 Å². The first-order valence-corrected chi connectivity index (χ1v) is 5.28. The summed E-state index contributed by atoms with van der Waals surface area (Å²) in [5.41, 5.74) is 0.629. The third-order valence-corrected chi connectivity index (χ3v) is 2.91. The van der Waals surface area contributed by atoms with Crippen molar-refractivity contribution in [3.05, 3.63) is 46.0 Å². The average molecular weight is 239 g/mol. The molecule has 6 nitrogen and oxygen atoms in total. The van der Waals surface area contributed by atoms with Crippen LogP contribution in [0.15, 0.2) is 30.3 Å². The van der Waals surface area contributed by atoms with Gasteiger partial charge in [-0.3, -0.25) is 10.1 Å². The highest BCUT2D eigenvalue weighted by molar-refractivity contribution is 5.20. The lowest BCUT2D eigenvalue weighted by atomic mass is 10.00. The van der Waals surface area contributed by atoms with Crippen LogP contribution in [-0.4, -0.2) is 40.0 Å². The lowest BCUT2D eigenvalue weighted by molar-refractivity contribution is -0.537. The lowest BCUT2D eigenvalue weighted by Gasteiger charge is -2.13. The van der Waals surface area contributed by atoms with E-state index in [0.29, 0.717) is 5.56 Å². The van der Waals surface area contributed by atoms with Gasteiger partial charge in [-0.1, -0.05) is 30.3 Å². The smallest absolute Gasteiger partial charge is 0.270 e. The highest BCUT2D eigenvalue weighted by Gasteiger charge is 2.51.